The molecule has 8 nitrogen and oxygen atoms in total. The van der Waals surface area contributed by atoms with Gasteiger partial charge in [-0.05, 0) is 17.6 Å². The van der Waals surface area contributed by atoms with E-state index in [-0.39, 0.29) is 17.5 Å². The predicted molar refractivity (Wildman–Crippen MR) is 86.1 cm³/mol. The molecule has 0 spiro atoms. The molecular weight excluding hydrogens is 324 g/mol. The molecule has 1 aliphatic heterocycles. The van der Waals surface area contributed by atoms with E-state index in [4.69, 9.17) is 13.7 Å². The summed E-state index contributed by atoms with van der Waals surface area (Å²) >= 11 is 0. The normalized spacial score (nSPS) is 14.0. The topological polar surface area (TPSA) is 94.5 Å². The summed E-state index contributed by atoms with van der Waals surface area (Å²) in [5.41, 5.74) is 3.78. The average molecular weight is 340 g/mol. The van der Waals surface area contributed by atoms with E-state index in [1.54, 1.807) is 23.8 Å². The number of hydrogen-bond donors (Lipinski definition) is 0. The fourth-order valence-corrected chi connectivity index (χ4v) is 2.99. The van der Waals surface area contributed by atoms with Crippen LogP contribution in [-0.4, -0.2) is 46.1 Å². The minimum absolute atomic E-state index is 0.170. The summed E-state index contributed by atoms with van der Waals surface area (Å²) in [5, 5.41) is 3.68. The number of nitrogens with zero attached hydrogens (tertiary/aromatic N) is 4. The molecule has 0 aliphatic carbocycles. The highest BCUT2D eigenvalue weighted by molar-refractivity contribution is 5.91. The van der Waals surface area contributed by atoms with E-state index < -0.39 is 0 Å². The molecule has 0 atom stereocenters. The third-order valence-electron chi connectivity index (χ3n) is 4.28. The molecule has 128 valence electrons. The lowest BCUT2D eigenvalue weighted by Gasteiger charge is -2.18. The van der Waals surface area contributed by atoms with E-state index in [0.29, 0.717) is 25.9 Å². The van der Waals surface area contributed by atoms with E-state index in [2.05, 4.69) is 15.1 Å². The second-order valence-electron chi connectivity index (χ2n) is 5.69. The summed E-state index contributed by atoms with van der Waals surface area (Å²) in [6.45, 7) is 1.10. The summed E-state index contributed by atoms with van der Waals surface area (Å²) in [6, 6.07) is 3.37. The Kier molecular flexibility index (Phi) is 3.93. The lowest BCUT2D eigenvalue weighted by molar-refractivity contribution is 0.0720. The maximum Gasteiger partial charge on any atom is 0.292 e. The Morgan fingerprint density at radius 1 is 1.28 bits per heavy atom. The molecule has 1 aliphatic rings. The van der Waals surface area contributed by atoms with Gasteiger partial charge in [-0.1, -0.05) is 0 Å². The van der Waals surface area contributed by atoms with Crippen molar-refractivity contribution in [3.63, 3.8) is 0 Å². The Hall–Kier alpha value is -3.16. The van der Waals surface area contributed by atoms with Crippen LogP contribution < -0.4 is 4.74 Å². The number of rotatable bonds is 3. The van der Waals surface area contributed by atoms with Gasteiger partial charge in [0, 0.05) is 36.3 Å². The van der Waals surface area contributed by atoms with Crippen molar-refractivity contribution in [1.82, 2.24) is 20.0 Å². The summed E-state index contributed by atoms with van der Waals surface area (Å²) in [6.07, 6.45) is 6.15. The van der Waals surface area contributed by atoms with Crippen LogP contribution in [0.15, 0.2) is 39.9 Å². The van der Waals surface area contributed by atoms with Crippen molar-refractivity contribution in [3.05, 3.63) is 48.0 Å². The van der Waals surface area contributed by atoms with Gasteiger partial charge >= 0.3 is 0 Å². The van der Waals surface area contributed by atoms with E-state index in [0.717, 1.165) is 22.5 Å². The van der Waals surface area contributed by atoms with Gasteiger partial charge in [0.1, 0.15) is 6.33 Å². The molecule has 25 heavy (non-hydrogen) atoms. The number of hydrogen-bond acceptors (Lipinski definition) is 7. The third kappa shape index (κ3) is 2.86. The first kappa shape index (κ1) is 15.4. The van der Waals surface area contributed by atoms with Crippen LogP contribution in [-0.2, 0) is 12.8 Å². The first-order chi connectivity index (χ1) is 12.3. The Balaban J connectivity index is 1.58. The summed E-state index contributed by atoms with van der Waals surface area (Å²) in [7, 11) is 1.48. The molecule has 0 radical (unpaired) electrons. The molecule has 0 aromatic carbocycles. The van der Waals surface area contributed by atoms with Crippen LogP contribution in [0.4, 0.5) is 0 Å². The smallest absolute Gasteiger partial charge is 0.292 e. The van der Waals surface area contributed by atoms with E-state index in [9.17, 15) is 4.79 Å². The average Bonchev–Trinajstić information content (AvgIpc) is 3.29. The molecule has 0 saturated carbocycles. The lowest BCUT2D eigenvalue weighted by atomic mass is 10.0. The highest BCUT2D eigenvalue weighted by atomic mass is 16.5. The fraction of sp³-hybridized carbons (Fsp3) is 0.294. The number of aromatic nitrogens is 3. The van der Waals surface area contributed by atoms with Crippen molar-refractivity contribution < 1.29 is 18.5 Å². The van der Waals surface area contributed by atoms with E-state index >= 15 is 0 Å². The van der Waals surface area contributed by atoms with Gasteiger partial charge in [-0.15, -0.1) is 0 Å². The zero-order valence-corrected chi connectivity index (χ0v) is 13.6. The lowest BCUT2D eigenvalue weighted by Crippen LogP contribution is -2.33. The summed E-state index contributed by atoms with van der Waals surface area (Å²) in [4.78, 5) is 23.2. The van der Waals surface area contributed by atoms with Gasteiger partial charge in [0.15, 0.2) is 0 Å². The van der Waals surface area contributed by atoms with Crippen molar-refractivity contribution in [3.8, 4) is 17.1 Å². The van der Waals surface area contributed by atoms with Crippen molar-refractivity contribution in [1.29, 1.82) is 0 Å². The number of amides is 1. The summed E-state index contributed by atoms with van der Waals surface area (Å²) < 4.78 is 15.2. The van der Waals surface area contributed by atoms with Crippen LogP contribution in [0.3, 0.4) is 0 Å². The molecule has 3 aromatic heterocycles. The zero-order valence-electron chi connectivity index (χ0n) is 13.6. The molecule has 0 saturated heterocycles. The first-order valence-corrected chi connectivity index (χ1v) is 7.91. The van der Waals surface area contributed by atoms with Crippen LogP contribution in [0.2, 0.25) is 0 Å². The maximum absolute atomic E-state index is 12.6. The number of carbonyl (C=O) groups excluding carboxylic acids is 1. The quantitative estimate of drug-likeness (QED) is 0.719. The maximum atomic E-state index is 12.6. The Morgan fingerprint density at radius 3 is 2.92 bits per heavy atom. The van der Waals surface area contributed by atoms with Gasteiger partial charge in [-0.25, -0.2) is 9.97 Å². The molecule has 0 unspecified atom stereocenters. The Bertz CT molecular complexity index is 888. The van der Waals surface area contributed by atoms with Gasteiger partial charge < -0.3 is 18.6 Å². The molecule has 1 amide bonds. The van der Waals surface area contributed by atoms with Crippen LogP contribution >= 0.6 is 0 Å². The third-order valence-corrected chi connectivity index (χ3v) is 4.28. The molecule has 0 bridgehead atoms. The number of ether oxygens (including phenoxy) is 1. The molecule has 3 aromatic rings. The minimum Gasteiger partial charge on any atom is -0.479 e. The van der Waals surface area contributed by atoms with Gasteiger partial charge in [0.05, 0.1) is 31.4 Å². The highest BCUT2D eigenvalue weighted by Crippen LogP contribution is 2.26. The second-order valence-corrected chi connectivity index (χ2v) is 5.69. The van der Waals surface area contributed by atoms with Crippen LogP contribution in [0.5, 0.6) is 5.88 Å². The zero-order chi connectivity index (χ0) is 17.2. The number of furan rings is 1. The van der Waals surface area contributed by atoms with Crippen molar-refractivity contribution in [2.24, 2.45) is 0 Å². The fourth-order valence-electron chi connectivity index (χ4n) is 2.99. The van der Waals surface area contributed by atoms with Gasteiger partial charge in [-0.3, -0.25) is 4.79 Å². The molecule has 0 N–H and O–H groups in total. The van der Waals surface area contributed by atoms with E-state index in [1.807, 2.05) is 6.07 Å². The van der Waals surface area contributed by atoms with Crippen LogP contribution in [0.1, 0.15) is 21.8 Å². The van der Waals surface area contributed by atoms with Gasteiger partial charge in [-0.2, -0.15) is 0 Å². The van der Waals surface area contributed by atoms with E-state index in [1.165, 1.54) is 13.2 Å². The highest BCUT2D eigenvalue weighted by Gasteiger charge is 2.25. The second kappa shape index (κ2) is 6.39. The SMILES string of the molecule is COc1cc(C(=O)N2CCc3ncnc(-c4ccoc4)c3CC2)on1. The number of methoxy groups -OCH3 is 1. The molecule has 8 heteroatoms. The van der Waals surface area contributed by atoms with Crippen LogP contribution in [0.25, 0.3) is 11.3 Å². The van der Waals surface area contributed by atoms with Crippen molar-refractivity contribution in [2.45, 2.75) is 12.8 Å². The Morgan fingerprint density at radius 2 is 2.16 bits per heavy atom. The molecule has 4 rings (SSSR count). The van der Waals surface area contributed by atoms with Gasteiger partial charge in [0.25, 0.3) is 11.8 Å². The van der Waals surface area contributed by atoms with Crippen LogP contribution in [0, 0.1) is 0 Å². The molecule has 4 heterocycles. The summed E-state index contributed by atoms with van der Waals surface area (Å²) in [5.74, 6) is 0.250. The van der Waals surface area contributed by atoms with Gasteiger partial charge in [0.2, 0.25) is 5.76 Å². The minimum atomic E-state index is -0.207. The Labute approximate surface area is 143 Å². The van der Waals surface area contributed by atoms with Crippen molar-refractivity contribution >= 4 is 5.91 Å². The standard InChI is InChI=1S/C17H16N4O4/c1-23-15-8-14(25-20-15)17(22)21-5-2-12-13(3-6-21)18-10-19-16(12)11-4-7-24-9-11/h4,7-10H,2-3,5-6H2,1H3. The molecular formula is C17H16N4O4. The number of carbonyl (C=O) groups is 1. The first-order valence-electron chi connectivity index (χ1n) is 7.91. The number of fused-ring (bicyclic) bond motifs is 1. The monoisotopic (exact) mass is 340 g/mol. The largest absolute Gasteiger partial charge is 0.479 e. The molecule has 0 fully saturated rings. The predicted octanol–water partition coefficient (Wildman–Crippen LogP) is 1.97. The van der Waals surface area contributed by atoms with Crippen molar-refractivity contribution in [2.75, 3.05) is 20.2 Å².